The van der Waals surface area contributed by atoms with Crippen LogP contribution in [0.25, 0.3) is 11.0 Å². The van der Waals surface area contributed by atoms with Gasteiger partial charge in [0, 0.05) is 20.2 Å². The Morgan fingerprint density at radius 1 is 1.16 bits per heavy atom. The van der Waals surface area contributed by atoms with Crippen LogP contribution in [-0.4, -0.2) is 21.2 Å². The number of hydrogen-bond acceptors (Lipinski definition) is 7. The van der Waals surface area contributed by atoms with E-state index in [-0.39, 0.29) is 13.2 Å². The molecule has 2 aromatic carbocycles. The molecule has 0 aliphatic rings. The minimum Gasteiger partial charge on any atom is -0.438 e. The van der Waals surface area contributed by atoms with Gasteiger partial charge in [-0.15, -0.1) is 0 Å². The first kappa shape index (κ1) is 20.0. The maximum absolute atomic E-state index is 12.8. The first-order chi connectivity index (χ1) is 15.0. The Labute approximate surface area is 179 Å². The third kappa shape index (κ3) is 4.36. The fourth-order valence-electron chi connectivity index (χ4n) is 2.96. The number of pyridine rings is 1. The average Bonchev–Trinajstić information content (AvgIpc) is 3.26. The Balaban J connectivity index is 0.00000289. The summed E-state index contributed by atoms with van der Waals surface area (Å²) in [6.45, 7) is 4.06. The van der Waals surface area contributed by atoms with E-state index in [2.05, 4.69) is 31.3 Å². The van der Waals surface area contributed by atoms with Crippen LogP contribution >= 0.6 is 0 Å². The van der Waals surface area contributed by atoms with Crippen LogP contribution in [-0.2, 0) is 12.0 Å². The Kier molecular flexibility index (Phi) is 5.33. The fourth-order valence-corrected chi connectivity index (χ4v) is 2.96. The normalized spacial score (nSPS) is 11.1. The third-order valence-corrected chi connectivity index (χ3v) is 4.86. The molecule has 2 heterocycles. The molecule has 1 amide bonds. The number of nitrogens with zero attached hydrogens (tertiary/aromatic N) is 4. The standard InChI is InChI=1S/C23H19N5O3.H2/c1-23(2,14-24)16-7-5-15(6-8-16)13-26-21(29)18-4-3-11-25-22(18)30-17-9-10-19-20(12-17)28-31-27-19;/h3-12H,13H2,1-2H3,(H,26,29);1H. The molecule has 0 saturated heterocycles. The SMILES string of the molecule is CC(C)(C#N)c1ccc(CNC(=O)c2cccnc2Oc2ccc3nonc3c2)cc1.[HH]. The minimum absolute atomic E-state index is 0. The number of amides is 1. The van der Waals surface area contributed by atoms with Gasteiger partial charge in [-0.2, -0.15) is 5.26 Å². The topological polar surface area (TPSA) is 114 Å². The summed E-state index contributed by atoms with van der Waals surface area (Å²) < 4.78 is 10.5. The number of carbonyl (C=O) groups excluding carboxylic acids is 1. The highest BCUT2D eigenvalue weighted by molar-refractivity contribution is 5.96. The second kappa shape index (κ2) is 8.24. The molecular formula is C23H21N5O3. The second-order valence-corrected chi connectivity index (χ2v) is 7.49. The lowest BCUT2D eigenvalue weighted by Gasteiger charge is -2.16. The first-order valence-electron chi connectivity index (χ1n) is 9.60. The molecule has 0 spiro atoms. The number of nitrogens with one attached hydrogen (secondary N) is 1. The smallest absolute Gasteiger partial charge is 0.257 e. The van der Waals surface area contributed by atoms with E-state index >= 15 is 0 Å². The molecule has 31 heavy (non-hydrogen) atoms. The zero-order valence-corrected chi connectivity index (χ0v) is 17.0. The van der Waals surface area contributed by atoms with Crippen molar-refractivity contribution in [2.24, 2.45) is 0 Å². The van der Waals surface area contributed by atoms with Crippen LogP contribution in [0.5, 0.6) is 11.6 Å². The zero-order valence-electron chi connectivity index (χ0n) is 17.0. The van der Waals surface area contributed by atoms with Gasteiger partial charge in [0.15, 0.2) is 0 Å². The summed E-state index contributed by atoms with van der Waals surface area (Å²) >= 11 is 0. The van der Waals surface area contributed by atoms with Crippen molar-refractivity contribution in [3.8, 4) is 17.7 Å². The van der Waals surface area contributed by atoms with Crippen molar-refractivity contribution >= 4 is 16.9 Å². The highest BCUT2D eigenvalue weighted by Crippen LogP contribution is 2.26. The first-order valence-corrected chi connectivity index (χ1v) is 9.60. The van der Waals surface area contributed by atoms with Gasteiger partial charge < -0.3 is 10.1 Å². The van der Waals surface area contributed by atoms with E-state index in [0.717, 1.165) is 11.1 Å². The van der Waals surface area contributed by atoms with Crippen molar-refractivity contribution in [1.29, 1.82) is 5.26 Å². The molecule has 2 aromatic heterocycles. The Bertz CT molecular complexity index is 1280. The zero-order chi connectivity index (χ0) is 21.8. The lowest BCUT2D eigenvalue weighted by atomic mass is 9.86. The average molecular weight is 415 g/mol. The summed E-state index contributed by atoms with van der Waals surface area (Å²) in [6.07, 6.45) is 1.55. The van der Waals surface area contributed by atoms with Crippen molar-refractivity contribution in [3.63, 3.8) is 0 Å². The van der Waals surface area contributed by atoms with Crippen molar-refractivity contribution in [2.75, 3.05) is 0 Å². The second-order valence-electron chi connectivity index (χ2n) is 7.49. The van der Waals surface area contributed by atoms with Crippen LogP contribution in [0.15, 0.2) is 65.4 Å². The molecule has 0 bridgehead atoms. The molecular weight excluding hydrogens is 394 g/mol. The van der Waals surface area contributed by atoms with Gasteiger partial charge in [-0.3, -0.25) is 4.79 Å². The summed E-state index contributed by atoms with van der Waals surface area (Å²) in [5.74, 6) is 0.335. The molecule has 8 nitrogen and oxygen atoms in total. The maximum atomic E-state index is 12.8. The Morgan fingerprint density at radius 2 is 1.94 bits per heavy atom. The van der Waals surface area contributed by atoms with Gasteiger partial charge in [0.25, 0.3) is 5.91 Å². The highest BCUT2D eigenvalue weighted by atomic mass is 16.6. The van der Waals surface area contributed by atoms with Gasteiger partial charge in [-0.25, -0.2) is 9.61 Å². The van der Waals surface area contributed by atoms with Crippen LogP contribution in [0, 0.1) is 11.3 Å². The monoisotopic (exact) mass is 415 g/mol. The molecule has 0 unspecified atom stereocenters. The van der Waals surface area contributed by atoms with Crippen molar-refractivity contribution < 1.29 is 15.6 Å². The van der Waals surface area contributed by atoms with Crippen LogP contribution < -0.4 is 10.1 Å². The largest absolute Gasteiger partial charge is 0.438 e. The van der Waals surface area contributed by atoms with E-state index in [9.17, 15) is 10.1 Å². The van der Waals surface area contributed by atoms with Gasteiger partial charge in [0.1, 0.15) is 22.3 Å². The van der Waals surface area contributed by atoms with Crippen molar-refractivity contribution in [2.45, 2.75) is 25.8 Å². The third-order valence-electron chi connectivity index (χ3n) is 4.86. The van der Waals surface area contributed by atoms with Crippen molar-refractivity contribution in [1.82, 2.24) is 20.6 Å². The quantitative estimate of drug-likeness (QED) is 0.497. The lowest BCUT2D eigenvalue weighted by molar-refractivity contribution is 0.0948. The van der Waals surface area contributed by atoms with Gasteiger partial charge in [0.05, 0.1) is 11.5 Å². The van der Waals surface area contributed by atoms with Gasteiger partial charge >= 0.3 is 0 Å². The summed E-state index contributed by atoms with van der Waals surface area (Å²) in [5.41, 5.74) is 2.74. The van der Waals surface area contributed by atoms with E-state index < -0.39 is 5.41 Å². The number of hydrogen-bond donors (Lipinski definition) is 1. The molecule has 8 heteroatoms. The predicted octanol–water partition coefficient (Wildman–Crippen LogP) is 4.39. The van der Waals surface area contributed by atoms with Gasteiger partial charge in [-0.05, 0) is 59.6 Å². The number of aromatic nitrogens is 3. The number of ether oxygens (including phenoxy) is 1. The molecule has 0 saturated carbocycles. The maximum Gasteiger partial charge on any atom is 0.257 e. The molecule has 0 atom stereocenters. The molecule has 1 N–H and O–H groups in total. The lowest BCUT2D eigenvalue weighted by Crippen LogP contribution is -2.23. The summed E-state index contributed by atoms with van der Waals surface area (Å²) in [6, 6.07) is 18.3. The fraction of sp³-hybridized carbons (Fsp3) is 0.174. The van der Waals surface area contributed by atoms with Crippen LogP contribution in [0.2, 0.25) is 0 Å². The molecule has 4 rings (SSSR count). The van der Waals surface area contributed by atoms with Crippen molar-refractivity contribution in [3.05, 3.63) is 77.5 Å². The number of carbonyl (C=O) groups is 1. The Morgan fingerprint density at radius 3 is 2.71 bits per heavy atom. The predicted molar refractivity (Wildman–Crippen MR) is 114 cm³/mol. The van der Waals surface area contributed by atoms with Crippen LogP contribution in [0.4, 0.5) is 0 Å². The summed E-state index contributed by atoms with van der Waals surface area (Å²) in [5, 5.41) is 19.7. The summed E-state index contributed by atoms with van der Waals surface area (Å²) in [7, 11) is 0. The number of rotatable bonds is 6. The van der Waals surface area contributed by atoms with E-state index in [4.69, 9.17) is 4.74 Å². The molecule has 0 fully saturated rings. The highest BCUT2D eigenvalue weighted by Gasteiger charge is 2.19. The number of fused-ring (bicyclic) bond motifs is 1. The van der Waals surface area contributed by atoms with Gasteiger partial charge in [0.2, 0.25) is 5.88 Å². The number of nitriles is 1. The number of benzene rings is 2. The minimum atomic E-state index is -0.561. The van der Waals surface area contributed by atoms with E-state index in [1.807, 2.05) is 38.1 Å². The molecule has 156 valence electrons. The summed E-state index contributed by atoms with van der Waals surface area (Å²) in [4.78, 5) is 17.0. The Hall–Kier alpha value is -4.25. The van der Waals surface area contributed by atoms with E-state index in [1.54, 1.807) is 36.5 Å². The molecule has 0 aliphatic carbocycles. The van der Waals surface area contributed by atoms with Crippen LogP contribution in [0.1, 0.15) is 36.8 Å². The molecule has 0 aliphatic heterocycles. The van der Waals surface area contributed by atoms with E-state index in [0.29, 0.717) is 28.9 Å². The molecule has 4 aromatic rings. The van der Waals surface area contributed by atoms with E-state index in [1.165, 1.54) is 0 Å². The van der Waals surface area contributed by atoms with Gasteiger partial charge in [-0.1, -0.05) is 24.3 Å². The molecule has 0 radical (unpaired) electrons. The van der Waals surface area contributed by atoms with Crippen LogP contribution in [0.3, 0.4) is 0 Å².